The van der Waals surface area contributed by atoms with Gasteiger partial charge >= 0.3 is 0 Å². The zero-order valence-corrected chi connectivity index (χ0v) is 12.9. The highest BCUT2D eigenvalue weighted by atomic mass is 35.5. The van der Waals surface area contributed by atoms with Gasteiger partial charge in [0.1, 0.15) is 5.75 Å². The molecule has 0 bridgehead atoms. The standard InChI is InChI=1S/C15H19ClN2O3/c1-9-7-11(16)3-5-13(9)21-10(2)15(20)18-12-4-6-14(19)17-8-12/h3,5,7,10,12H,4,6,8H2,1-2H3,(H,17,19)(H,18,20). The van der Waals surface area contributed by atoms with Gasteiger partial charge in [-0.3, -0.25) is 9.59 Å². The summed E-state index contributed by atoms with van der Waals surface area (Å²) in [5.41, 5.74) is 0.882. The van der Waals surface area contributed by atoms with Crippen LogP contribution in [0.3, 0.4) is 0 Å². The molecule has 0 saturated carbocycles. The quantitative estimate of drug-likeness (QED) is 0.891. The lowest BCUT2D eigenvalue weighted by molar-refractivity contribution is -0.129. The van der Waals surface area contributed by atoms with Crippen molar-refractivity contribution in [3.8, 4) is 5.75 Å². The molecule has 2 atom stereocenters. The van der Waals surface area contributed by atoms with Gasteiger partial charge in [-0.05, 0) is 44.0 Å². The van der Waals surface area contributed by atoms with Crippen molar-refractivity contribution in [3.05, 3.63) is 28.8 Å². The second-order valence-electron chi connectivity index (χ2n) is 5.22. The molecule has 2 amide bonds. The summed E-state index contributed by atoms with van der Waals surface area (Å²) in [4.78, 5) is 23.2. The monoisotopic (exact) mass is 310 g/mol. The van der Waals surface area contributed by atoms with Crippen molar-refractivity contribution in [2.75, 3.05) is 6.54 Å². The van der Waals surface area contributed by atoms with Crippen LogP contribution in [0.5, 0.6) is 5.75 Å². The molecule has 1 aliphatic heterocycles. The number of halogens is 1. The first-order valence-corrected chi connectivity index (χ1v) is 7.33. The van der Waals surface area contributed by atoms with E-state index in [0.29, 0.717) is 30.2 Å². The Bertz CT molecular complexity index is 538. The molecule has 0 spiro atoms. The van der Waals surface area contributed by atoms with Crippen molar-refractivity contribution in [1.29, 1.82) is 0 Å². The van der Waals surface area contributed by atoms with E-state index in [1.807, 2.05) is 6.92 Å². The van der Waals surface area contributed by atoms with Crippen molar-refractivity contribution in [2.45, 2.75) is 38.8 Å². The summed E-state index contributed by atoms with van der Waals surface area (Å²) in [5, 5.41) is 6.25. The molecular formula is C15H19ClN2O3. The smallest absolute Gasteiger partial charge is 0.261 e. The molecule has 1 aliphatic rings. The van der Waals surface area contributed by atoms with Crippen molar-refractivity contribution < 1.29 is 14.3 Å². The maximum absolute atomic E-state index is 12.1. The fourth-order valence-corrected chi connectivity index (χ4v) is 2.39. The maximum Gasteiger partial charge on any atom is 0.261 e. The van der Waals surface area contributed by atoms with Crippen LogP contribution in [0.1, 0.15) is 25.3 Å². The molecular weight excluding hydrogens is 292 g/mol. The largest absolute Gasteiger partial charge is 0.481 e. The number of aryl methyl sites for hydroxylation is 1. The number of rotatable bonds is 4. The molecule has 2 rings (SSSR count). The van der Waals surface area contributed by atoms with Gasteiger partial charge in [0.25, 0.3) is 5.91 Å². The van der Waals surface area contributed by atoms with Crippen LogP contribution in [0.2, 0.25) is 5.02 Å². The molecule has 114 valence electrons. The van der Waals surface area contributed by atoms with Crippen LogP contribution in [-0.2, 0) is 9.59 Å². The maximum atomic E-state index is 12.1. The molecule has 6 heteroatoms. The molecule has 1 aromatic rings. The summed E-state index contributed by atoms with van der Waals surface area (Å²) in [6, 6.07) is 5.23. The van der Waals surface area contributed by atoms with E-state index in [4.69, 9.17) is 16.3 Å². The van der Waals surface area contributed by atoms with Crippen molar-refractivity contribution in [1.82, 2.24) is 10.6 Å². The lowest BCUT2D eigenvalue weighted by Crippen LogP contribution is -2.50. The van der Waals surface area contributed by atoms with Crippen molar-refractivity contribution >= 4 is 23.4 Å². The number of carbonyl (C=O) groups excluding carboxylic acids is 2. The van der Waals surface area contributed by atoms with Crippen LogP contribution >= 0.6 is 11.6 Å². The highest BCUT2D eigenvalue weighted by Crippen LogP contribution is 2.22. The summed E-state index contributed by atoms with van der Waals surface area (Å²) in [7, 11) is 0. The van der Waals surface area contributed by atoms with Gasteiger partial charge in [0.15, 0.2) is 6.10 Å². The van der Waals surface area contributed by atoms with Gasteiger partial charge in [0.2, 0.25) is 5.91 Å². The predicted octanol–water partition coefficient (Wildman–Crippen LogP) is 1.81. The van der Waals surface area contributed by atoms with E-state index in [0.717, 1.165) is 5.56 Å². The zero-order valence-electron chi connectivity index (χ0n) is 12.1. The Morgan fingerprint density at radius 1 is 1.52 bits per heavy atom. The number of hydrogen-bond acceptors (Lipinski definition) is 3. The predicted molar refractivity (Wildman–Crippen MR) is 80.5 cm³/mol. The Labute approximate surface area is 129 Å². The van der Waals surface area contributed by atoms with Gasteiger partial charge in [-0.15, -0.1) is 0 Å². The number of carbonyl (C=O) groups is 2. The third kappa shape index (κ3) is 4.36. The van der Waals surface area contributed by atoms with Gasteiger partial charge in [-0.2, -0.15) is 0 Å². The summed E-state index contributed by atoms with van der Waals surface area (Å²) >= 11 is 5.89. The lowest BCUT2D eigenvalue weighted by atomic mass is 10.1. The number of hydrogen-bond donors (Lipinski definition) is 2. The SMILES string of the molecule is Cc1cc(Cl)ccc1OC(C)C(=O)NC1CCC(=O)NC1. The lowest BCUT2D eigenvalue weighted by Gasteiger charge is -2.25. The summed E-state index contributed by atoms with van der Waals surface area (Å²) < 4.78 is 5.67. The van der Waals surface area contributed by atoms with E-state index in [-0.39, 0.29) is 17.9 Å². The molecule has 1 fully saturated rings. The minimum absolute atomic E-state index is 0.0292. The minimum Gasteiger partial charge on any atom is -0.481 e. The number of piperidine rings is 1. The third-order valence-electron chi connectivity index (χ3n) is 3.42. The number of benzene rings is 1. The molecule has 2 N–H and O–H groups in total. The zero-order chi connectivity index (χ0) is 15.4. The number of amides is 2. The van der Waals surface area contributed by atoms with E-state index < -0.39 is 6.10 Å². The van der Waals surface area contributed by atoms with Gasteiger partial charge in [0.05, 0.1) is 0 Å². The Kier molecular flexibility index (Phi) is 5.07. The molecule has 1 heterocycles. The third-order valence-corrected chi connectivity index (χ3v) is 3.66. The van der Waals surface area contributed by atoms with Crippen LogP contribution in [0.15, 0.2) is 18.2 Å². The second-order valence-corrected chi connectivity index (χ2v) is 5.65. The van der Waals surface area contributed by atoms with Crippen LogP contribution in [0.4, 0.5) is 0 Å². The summed E-state index contributed by atoms with van der Waals surface area (Å²) in [6.45, 7) is 4.05. The van der Waals surface area contributed by atoms with E-state index in [9.17, 15) is 9.59 Å². The molecule has 2 unspecified atom stereocenters. The van der Waals surface area contributed by atoms with E-state index in [1.54, 1.807) is 25.1 Å². The first-order chi connectivity index (χ1) is 9.95. The van der Waals surface area contributed by atoms with E-state index >= 15 is 0 Å². The molecule has 1 saturated heterocycles. The minimum atomic E-state index is -0.609. The molecule has 1 aromatic carbocycles. The van der Waals surface area contributed by atoms with Crippen molar-refractivity contribution in [3.63, 3.8) is 0 Å². The number of nitrogens with one attached hydrogen (secondary N) is 2. The van der Waals surface area contributed by atoms with Gasteiger partial charge in [-0.1, -0.05) is 11.6 Å². The fraction of sp³-hybridized carbons (Fsp3) is 0.467. The van der Waals surface area contributed by atoms with Crippen LogP contribution in [-0.4, -0.2) is 30.5 Å². The van der Waals surface area contributed by atoms with Crippen LogP contribution in [0.25, 0.3) is 0 Å². The molecule has 0 radical (unpaired) electrons. The summed E-state index contributed by atoms with van der Waals surface area (Å²) in [5.74, 6) is 0.478. The first-order valence-electron chi connectivity index (χ1n) is 6.95. The average molecular weight is 311 g/mol. The summed E-state index contributed by atoms with van der Waals surface area (Å²) in [6.07, 6.45) is 0.489. The Morgan fingerprint density at radius 2 is 2.29 bits per heavy atom. The van der Waals surface area contributed by atoms with Gasteiger partial charge in [-0.25, -0.2) is 0 Å². The Hall–Kier alpha value is -1.75. The van der Waals surface area contributed by atoms with Crippen LogP contribution < -0.4 is 15.4 Å². The average Bonchev–Trinajstić information content (AvgIpc) is 2.44. The van der Waals surface area contributed by atoms with Crippen LogP contribution in [0, 0.1) is 6.92 Å². The Morgan fingerprint density at radius 3 is 2.90 bits per heavy atom. The first kappa shape index (κ1) is 15.6. The van der Waals surface area contributed by atoms with Gasteiger partial charge < -0.3 is 15.4 Å². The molecule has 5 nitrogen and oxygen atoms in total. The van der Waals surface area contributed by atoms with Crippen molar-refractivity contribution in [2.24, 2.45) is 0 Å². The number of ether oxygens (including phenoxy) is 1. The molecule has 0 aromatic heterocycles. The van der Waals surface area contributed by atoms with Gasteiger partial charge in [0, 0.05) is 24.0 Å². The fourth-order valence-electron chi connectivity index (χ4n) is 2.16. The normalized spacial score (nSPS) is 19.6. The van der Waals surface area contributed by atoms with E-state index in [2.05, 4.69) is 10.6 Å². The topological polar surface area (TPSA) is 67.4 Å². The highest BCUT2D eigenvalue weighted by molar-refractivity contribution is 6.30. The highest BCUT2D eigenvalue weighted by Gasteiger charge is 2.23. The molecule has 21 heavy (non-hydrogen) atoms. The second kappa shape index (κ2) is 6.80. The molecule has 0 aliphatic carbocycles. The van der Waals surface area contributed by atoms with E-state index in [1.165, 1.54) is 0 Å². The Balaban J connectivity index is 1.89.